The SMILES string of the molecule is CC(C)(CCc1c(O)cc(O)c2c(=O)c(O)c(-c3ccc(O)cc3)oc12)OC1OC(CO)C(O)C(O)C1O. The number of aryl methyl sites for hydroxylation is 1. The zero-order valence-electron chi connectivity index (χ0n) is 20.6. The number of aromatic hydroxyl groups is 4. The molecule has 1 fully saturated rings. The molecule has 38 heavy (non-hydrogen) atoms. The van der Waals surface area contributed by atoms with Crippen molar-refractivity contribution in [3.8, 4) is 34.3 Å². The highest BCUT2D eigenvalue weighted by atomic mass is 16.7. The third-order valence-electron chi connectivity index (χ3n) is 6.59. The molecule has 0 bridgehead atoms. The van der Waals surface area contributed by atoms with Gasteiger partial charge >= 0.3 is 0 Å². The van der Waals surface area contributed by atoms with E-state index in [1.807, 2.05) is 0 Å². The Balaban J connectivity index is 1.67. The van der Waals surface area contributed by atoms with Gasteiger partial charge < -0.3 is 54.7 Å². The van der Waals surface area contributed by atoms with Gasteiger partial charge in [0.05, 0.1) is 12.2 Å². The Kier molecular flexibility index (Phi) is 7.57. The Hall–Kier alpha value is -3.39. The van der Waals surface area contributed by atoms with Crippen LogP contribution in [0.2, 0.25) is 0 Å². The van der Waals surface area contributed by atoms with Crippen molar-refractivity contribution in [2.45, 2.75) is 63.0 Å². The van der Waals surface area contributed by atoms with Gasteiger partial charge in [0.25, 0.3) is 0 Å². The van der Waals surface area contributed by atoms with Crippen molar-refractivity contribution < 1.29 is 54.7 Å². The molecule has 12 heteroatoms. The molecule has 0 saturated carbocycles. The van der Waals surface area contributed by atoms with Gasteiger partial charge in [0, 0.05) is 17.2 Å². The number of aliphatic hydroxyl groups excluding tert-OH is 4. The maximum absolute atomic E-state index is 13.0. The first-order valence-electron chi connectivity index (χ1n) is 11.9. The van der Waals surface area contributed by atoms with E-state index in [9.17, 15) is 45.6 Å². The number of hydrogen-bond donors (Lipinski definition) is 8. The lowest BCUT2D eigenvalue weighted by molar-refractivity contribution is -0.323. The third-order valence-corrected chi connectivity index (χ3v) is 6.59. The molecule has 12 nitrogen and oxygen atoms in total. The first kappa shape index (κ1) is 27.6. The van der Waals surface area contributed by atoms with Crippen molar-refractivity contribution in [3.63, 3.8) is 0 Å². The number of phenolic OH excluding ortho intramolecular Hbond substituents is 3. The molecule has 0 radical (unpaired) electrons. The third kappa shape index (κ3) is 5.14. The van der Waals surface area contributed by atoms with Crippen LogP contribution in [0.3, 0.4) is 0 Å². The predicted octanol–water partition coefficient (Wildman–Crippen LogP) is 0.810. The monoisotopic (exact) mass is 534 g/mol. The van der Waals surface area contributed by atoms with Gasteiger partial charge in [-0.05, 0) is 51.0 Å². The van der Waals surface area contributed by atoms with Gasteiger partial charge in [-0.2, -0.15) is 0 Å². The van der Waals surface area contributed by atoms with Crippen LogP contribution in [0.15, 0.2) is 39.5 Å². The van der Waals surface area contributed by atoms with Gasteiger partial charge in [-0.3, -0.25) is 4.79 Å². The number of fused-ring (bicyclic) bond motifs is 1. The molecule has 2 heterocycles. The molecule has 0 aliphatic carbocycles. The highest BCUT2D eigenvalue weighted by Crippen LogP contribution is 2.40. The zero-order valence-corrected chi connectivity index (χ0v) is 20.6. The van der Waals surface area contributed by atoms with Gasteiger partial charge in [-0.1, -0.05) is 0 Å². The highest BCUT2D eigenvalue weighted by Gasteiger charge is 2.45. The van der Waals surface area contributed by atoms with Gasteiger partial charge in [-0.25, -0.2) is 0 Å². The summed E-state index contributed by atoms with van der Waals surface area (Å²) in [7, 11) is 0. The van der Waals surface area contributed by atoms with E-state index in [0.717, 1.165) is 6.07 Å². The van der Waals surface area contributed by atoms with Crippen LogP contribution in [0.1, 0.15) is 25.8 Å². The Morgan fingerprint density at radius 2 is 1.61 bits per heavy atom. The molecule has 2 aromatic carbocycles. The maximum Gasteiger partial charge on any atom is 0.238 e. The van der Waals surface area contributed by atoms with Crippen LogP contribution in [0.5, 0.6) is 23.0 Å². The lowest BCUT2D eigenvalue weighted by atomic mass is 9.95. The van der Waals surface area contributed by atoms with E-state index in [4.69, 9.17) is 13.9 Å². The minimum absolute atomic E-state index is 0.0236. The van der Waals surface area contributed by atoms with E-state index in [0.29, 0.717) is 0 Å². The molecule has 0 amide bonds. The van der Waals surface area contributed by atoms with E-state index in [1.54, 1.807) is 13.8 Å². The lowest BCUT2D eigenvalue weighted by Crippen LogP contribution is -2.60. The number of aliphatic hydroxyl groups is 4. The highest BCUT2D eigenvalue weighted by molar-refractivity contribution is 5.91. The average molecular weight is 535 g/mol. The van der Waals surface area contributed by atoms with Gasteiger partial charge in [0.15, 0.2) is 12.1 Å². The fraction of sp³-hybridized carbons (Fsp3) is 0.423. The summed E-state index contributed by atoms with van der Waals surface area (Å²) in [5.74, 6) is -2.02. The molecule has 4 rings (SSSR count). The van der Waals surface area contributed by atoms with Crippen LogP contribution in [0.25, 0.3) is 22.3 Å². The fourth-order valence-corrected chi connectivity index (χ4v) is 4.39. The Labute approximate surface area is 216 Å². The van der Waals surface area contributed by atoms with E-state index >= 15 is 0 Å². The Bertz CT molecular complexity index is 1360. The van der Waals surface area contributed by atoms with Crippen LogP contribution in [-0.2, 0) is 15.9 Å². The van der Waals surface area contributed by atoms with E-state index in [1.165, 1.54) is 24.3 Å². The largest absolute Gasteiger partial charge is 0.508 e. The summed E-state index contributed by atoms with van der Waals surface area (Å²) in [6, 6.07) is 6.45. The zero-order chi connectivity index (χ0) is 27.9. The first-order valence-corrected chi connectivity index (χ1v) is 11.9. The van der Waals surface area contributed by atoms with E-state index in [-0.39, 0.29) is 52.2 Å². The fourth-order valence-electron chi connectivity index (χ4n) is 4.39. The van der Waals surface area contributed by atoms with Crippen LogP contribution < -0.4 is 5.43 Å². The second kappa shape index (κ2) is 10.4. The van der Waals surface area contributed by atoms with Crippen LogP contribution in [0, 0.1) is 0 Å². The molecule has 3 aromatic rings. The number of ether oxygens (including phenoxy) is 2. The van der Waals surface area contributed by atoms with Crippen molar-refractivity contribution in [2.75, 3.05) is 6.61 Å². The molecular weight excluding hydrogens is 504 g/mol. The van der Waals surface area contributed by atoms with Gasteiger partial charge in [0.2, 0.25) is 11.2 Å². The van der Waals surface area contributed by atoms with Gasteiger partial charge in [0.1, 0.15) is 52.6 Å². The van der Waals surface area contributed by atoms with E-state index in [2.05, 4.69) is 0 Å². The molecule has 5 unspecified atom stereocenters. The van der Waals surface area contributed by atoms with Crippen molar-refractivity contribution >= 4 is 11.0 Å². The van der Waals surface area contributed by atoms with Crippen LogP contribution in [-0.4, -0.2) is 83.8 Å². The summed E-state index contributed by atoms with van der Waals surface area (Å²) in [6.45, 7) is 2.66. The number of benzene rings is 2. The molecule has 5 atom stereocenters. The standard InChI is InChI=1S/C26H30O12/c1-26(2,38-25-22(35)20(33)18(31)16(10-27)36-25)8-7-13-14(29)9-15(30)17-19(32)21(34)23(37-24(13)17)11-3-5-12(28)6-4-11/h3-6,9,16,18,20,22,25,27-31,33-35H,7-8,10H2,1-2H3. The Morgan fingerprint density at radius 1 is 0.947 bits per heavy atom. The number of rotatable bonds is 7. The molecule has 1 saturated heterocycles. The number of hydrogen-bond acceptors (Lipinski definition) is 12. The average Bonchev–Trinajstić information content (AvgIpc) is 2.86. The second-order valence-corrected chi connectivity index (χ2v) is 9.83. The molecule has 1 aromatic heterocycles. The Morgan fingerprint density at radius 3 is 2.24 bits per heavy atom. The van der Waals surface area contributed by atoms with Crippen molar-refractivity contribution in [1.82, 2.24) is 0 Å². The molecule has 1 aliphatic heterocycles. The first-order chi connectivity index (χ1) is 17.8. The quantitative estimate of drug-likeness (QED) is 0.212. The normalized spacial score (nSPS) is 24.1. The second-order valence-electron chi connectivity index (χ2n) is 9.83. The summed E-state index contributed by atoms with van der Waals surface area (Å²) >= 11 is 0. The summed E-state index contributed by atoms with van der Waals surface area (Å²) < 4.78 is 17.1. The molecule has 206 valence electrons. The van der Waals surface area contributed by atoms with E-state index < -0.39 is 59.8 Å². The van der Waals surface area contributed by atoms with Crippen LogP contribution in [0.4, 0.5) is 0 Å². The molecular formula is C26H30O12. The van der Waals surface area contributed by atoms with Crippen molar-refractivity contribution in [1.29, 1.82) is 0 Å². The molecule has 8 N–H and O–H groups in total. The minimum Gasteiger partial charge on any atom is -0.508 e. The number of phenols is 3. The summed E-state index contributed by atoms with van der Waals surface area (Å²) in [5.41, 5.74) is -1.79. The van der Waals surface area contributed by atoms with Crippen LogP contribution >= 0.6 is 0 Å². The topological polar surface area (TPSA) is 211 Å². The molecule has 1 aliphatic rings. The minimum atomic E-state index is -1.62. The summed E-state index contributed by atoms with van der Waals surface area (Å²) in [6.07, 6.45) is -7.15. The summed E-state index contributed by atoms with van der Waals surface area (Å²) in [5, 5.41) is 80.4. The van der Waals surface area contributed by atoms with Crippen molar-refractivity contribution in [3.05, 3.63) is 46.1 Å². The summed E-state index contributed by atoms with van der Waals surface area (Å²) in [4.78, 5) is 13.0. The van der Waals surface area contributed by atoms with Crippen molar-refractivity contribution in [2.24, 2.45) is 0 Å². The van der Waals surface area contributed by atoms with Gasteiger partial charge in [-0.15, -0.1) is 0 Å². The molecule has 0 spiro atoms. The maximum atomic E-state index is 13.0. The smallest absolute Gasteiger partial charge is 0.238 e. The predicted molar refractivity (Wildman–Crippen MR) is 132 cm³/mol. The lowest BCUT2D eigenvalue weighted by Gasteiger charge is -2.42.